The molecule has 4 aliphatic heterocycles. The molecule has 12 aliphatic carbocycles. The van der Waals surface area contributed by atoms with Crippen molar-refractivity contribution in [2.24, 2.45) is 130 Å². The zero-order valence-corrected chi connectivity index (χ0v) is 57.7. The van der Waals surface area contributed by atoms with E-state index in [1.54, 1.807) is 109 Å². The van der Waals surface area contributed by atoms with E-state index in [-0.39, 0.29) is 0 Å². The first-order chi connectivity index (χ1) is 39.6. The minimum Gasteiger partial charge on any atom is -0.300 e. The summed E-state index contributed by atoms with van der Waals surface area (Å²) in [6, 6.07) is 7.44. The largest absolute Gasteiger partial charge is 0.300 e. The maximum atomic E-state index is 3.10. The summed E-state index contributed by atoms with van der Waals surface area (Å²) in [5.41, 5.74) is 2.14. The fourth-order valence-electron chi connectivity index (χ4n) is 29.5. The first-order valence-corrected chi connectivity index (χ1v) is 41.7. The number of nitrogens with zero attached hydrogens (tertiary/aromatic N) is 4. The highest BCUT2D eigenvalue weighted by Crippen LogP contribution is 2.72. The molecular formula is C77H136N4Si. The molecule has 16 rings (SSSR count). The van der Waals surface area contributed by atoms with Gasteiger partial charge in [-0.25, -0.2) is 0 Å². The van der Waals surface area contributed by atoms with Crippen LogP contribution in [0.15, 0.2) is 0 Å². The summed E-state index contributed by atoms with van der Waals surface area (Å²) in [4.78, 5) is 12.3. The molecule has 468 valence electrons. The summed E-state index contributed by atoms with van der Waals surface area (Å²) in [6.45, 7) is 24.9. The predicted molar refractivity (Wildman–Crippen MR) is 352 cm³/mol. The van der Waals surface area contributed by atoms with Crippen molar-refractivity contribution in [2.45, 2.75) is 327 Å². The molecule has 16 fully saturated rings. The van der Waals surface area contributed by atoms with Gasteiger partial charge in [0.25, 0.3) is 0 Å². The third kappa shape index (κ3) is 9.97. The number of hydrogen-bond donors (Lipinski definition) is 0. The molecule has 32 unspecified atom stereocenters. The number of rotatable bonds is 4. The van der Waals surface area contributed by atoms with Crippen LogP contribution in [-0.2, 0) is 0 Å². The van der Waals surface area contributed by atoms with Crippen LogP contribution in [0.2, 0.25) is 24.2 Å². The number of hydrogen-bond acceptors (Lipinski definition) is 4. The second kappa shape index (κ2) is 24.7. The van der Waals surface area contributed by atoms with E-state index in [9.17, 15) is 0 Å². The van der Waals surface area contributed by atoms with Gasteiger partial charge in [-0.15, -0.1) is 0 Å². The van der Waals surface area contributed by atoms with Gasteiger partial charge in [-0.3, -0.25) is 19.6 Å². The Labute approximate surface area is 510 Å². The molecule has 0 spiro atoms. The zero-order valence-electron chi connectivity index (χ0n) is 56.7. The van der Waals surface area contributed by atoms with E-state index < -0.39 is 8.07 Å². The molecule has 12 saturated carbocycles. The van der Waals surface area contributed by atoms with Crippen molar-refractivity contribution in [1.29, 1.82) is 0 Å². The number of fused-ring (bicyclic) bond motifs is 20. The summed E-state index contributed by atoms with van der Waals surface area (Å²) in [5, 5.41) is 0. The maximum absolute atomic E-state index is 3.10. The monoisotopic (exact) mass is 1150 g/mol. The van der Waals surface area contributed by atoms with E-state index in [0.29, 0.717) is 0 Å². The Hall–Kier alpha value is 0.0569. The second-order valence-corrected chi connectivity index (χ2v) is 40.8. The van der Waals surface area contributed by atoms with Crippen LogP contribution in [0.4, 0.5) is 0 Å². The van der Waals surface area contributed by atoms with E-state index in [4.69, 9.17) is 0 Å². The van der Waals surface area contributed by atoms with Crippen LogP contribution in [0.1, 0.15) is 254 Å². The normalized spacial score (nSPS) is 54.5. The lowest BCUT2D eigenvalue weighted by Crippen LogP contribution is -2.54. The van der Waals surface area contributed by atoms with Gasteiger partial charge in [0.15, 0.2) is 0 Å². The first-order valence-electron chi connectivity index (χ1n) is 38.5. The minimum absolute atomic E-state index is 0.920. The van der Waals surface area contributed by atoms with Gasteiger partial charge >= 0.3 is 0 Å². The molecule has 32 atom stereocenters. The Balaban J connectivity index is 0.000000141. The molecule has 82 heavy (non-hydrogen) atoms. The fourth-order valence-corrected chi connectivity index (χ4v) is 35.7. The minimum atomic E-state index is -1.55. The van der Waals surface area contributed by atoms with Gasteiger partial charge in [0, 0.05) is 48.3 Å². The summed E-state index contributed by atoms with van der Waals surface area (Å²) in [5.74, 6) is 22.9. The average Bonchev–Trinajstić information content (AvgIpc) is 2.21. The van der Waals surface area contributed by atoms with Gasteiger partial charge in [-0.1, -0.05) is 146 Å². The van der Waals surface area contributed by atoms with Gasteiger partial charge in [0.2, 0.25) is 0 Å². The number of likely N-dealkylation sites (tertiary alicyclic amines) is 4. The highest BCUT2D eigenvalue weighted by molar-refractivity contribution is 6.80. The smallest absolute Gasteiger partial charge is 0.0574 e. The summed E-state index contributed by atoms with van der Waals surface area (Å²) in [7, 11) is 8.96. The fraction of sp³-hybridized carbons (Fsp3) is 1.00. The van der Waals surface area contributed by atoms with Crippen molar-refractivity contribution in [1.82, 2.24) is 19.6 Å². The van der Waals surface area contributed by atoms with Crippen LogP contribution in [-0.4, -0.2) is 104 Å². The lowest BCUT2D eigenvalue weighted by atomic mass is 9.67. The van der Waals surface area contributed by atoms with Crippen molar-refractivity contribution in [3.8, 4) is 0 Å². The van der Waals surface area contributed by atoms with Crippen LogP contribution in [0.3, 0.4) is 0 Å². The maximum Gasteiger partial charge on any atom is 0.0574 e. The molecule has 4 nitrogen and oxygen atoms in total. The second-order valence-electron chi connectivity index (χ2n) is 35.8. The van der Waals surface area contributed by atoms with Crippen molar-refractivity contribution in [2.75, 3.05) is 28.2 Å². The van der Waals surface area contributed by atoms with Gasteiger partial charge in [0.1, 0.15) is 0 Å². The molecule has 0 aromatic heterocycles. The molecule has 0 aromatic rings. The van der Waals surface area contributed by atoms with Crippen LogP contribution in [0.25, 0.3) is 0 Å². The Morgan fingerprint density at radius 1 is 0.293 bits per heavy atom. The van der Waals surface area contributed by atoms with Crippen molar-refractivity contribution >= 4 is 8.07 Å². The molecule has 16 aliphatic rings. The Morgan fingerprint density at radius 3 is 0.817 bits per heavy atom. The van der Waals surface area contributed by atoms with Crippen LogP contribution in [0.5, 0.6) is 0 Å². The Morgan fingerprint density at radius 2 is 0.524 bits per heavy atom. The van der Waals surface area contributed by atoms with E-state index in [0.717, 1.165) is 190 Å². The van der Waals surface area contributed by atoms with Crippen molar-refractivity contribution in [3.63, 3.8) is 0 Å². The quantitative estimate of drug-likeness (QED) is 0.260. The molecule has 0 amide bonds. The van der Waals surface area contributed by atoms with E-state index in [1.807, 2.05) is 0 Å². The predicted octanol–water partition coefficient (Wildman–Crippen LogP) is 19.1. The van der Waals surface area contributed by atoms with E-state index in [1.165, 1.54) is 89.9 Å². The molecule has 5 heteroatoms. The van der Waals surface area contributed by atoms with Crippen LogP contribution < -0.4 is 0 Å². The standard InChI is InChI=1S/C36H62N2Si.C35H58N2.2C3H8/c1-21-15-17-29-27(19-21)31-23-11-7-9-13-25(23)35(33(31)37(29)3)39(5,6)36-26-14-10-8-12-24(26)32-28-20-22(2)16-18-30(28)38(4)34(32)36;1-20-13-15-30-28(17-20)32-24-11-7-5-9-22(24)26(34(32)36(30)3)19-27-23-10-6-8-12-25(23)33-29-18-21(2)14-16-31(29)37(4)35(27)33;2*1-3-2/h21-36H,7-20H2,1-6H3;20-35H,5-19H2,1-4H3;2*3H2,1-2H3. The van der Waals surface area contributed by atoms with Gasteiger partial charge in [0.05, 0.1) is 8.07 Å². The lowest BCUT2D eigenvalue weighted by molar-refractivity contribution is 0.0576. The third-order valence-electron chi connectivity index (χ3n) is 31.4. The van der Waals surface area contributed by atoms with Crippen molar-refractivity contribution < 1.29 is 0 Å². The van der Waals surface area contributed by atoms with Crippen LogP contribution in [0, 0.1) is 130 Å². The third-order valence-corrected chi connectivity index (χ3v) is 36.4. The molecular weight excluding hydrogens is 1010 g/mol. The Bertz CT molecular complexity index is 1970. The first kappa shape index (κ1) is 60.9. The highest BCUT2D eigenvalue weighted by atomic mass is 28.3. The molecule has 0 N–H and O–H groups in total. The van der Waals surface area contributed by atoms with Crippen LogP contribution >= 0.6 is 0 Å². The molecule has 0 bridgehead atoms. The average molecular weight is 1150 g/mol. The van der Waals surface area contributed by atoms with Crippen molar-refractivity contribution in [3.05, 3.63) is 0 Å². The molecule has 0 radical (unpaired) electrons. The molecule has 4 heterocycles. The SMILES string of the molecule is CC1CCC2C(C1)C1C3CCCCC3C(CC3C4CCCCC4C4C5CC(C)CCC5N(C)C34)C1N2C.CC1CCC2C(C1)C1C3CCCCC3C([Si](C)(C)C3C4CCCCC4C4C5CC(C)CCC5N(C)C43)C1N2C.CCC.CCC. The molecule has 0 aromatic carbocycles. The van der Waals surface area contributed by atoms with Gasteiger partial charge in [-0.2, -0.15) is 0 Å². The topological polar surface area (TPSA) is 13.0 Å². The highest BCUT2D eigenvalue weighted by Gasteiger charge is 2.71. The molecule has 4 saturated heterocycles. The van der Waals surface area contributed by atoms with E-state index >= 15 is 0 Å². The summed E-state index contributed by atoms with van der Waals surface area (Å²) in [6.07, 6.45) is 47.3. The zero-order chi connectivity index (χ0) is 57.2. The lowest BCUT2D eigenvalue weighted by Gasteiger charge is -2.51. The Kier molecular flexibility index (Phi) is 18.3. The van der Waals surface area contributed by atoms with E-state index in [2.05, 4.69) is 116 Å². The summed E-state index contributed by atoms with van der Waals surface area (Å²) >= 11 is 0. The summed E-state index contributed by atoms with van der Waals surface area (Å²) < 4.78 is 0. The van der Waals surface area contributed by atoms with Gasteiger partial charge < -0.3 is 0 Å². The van der Waals surface area contributed by atoms with Gasteiger partial charge in [-0.05, 0) is 291 Å².